The number of carbonyl (C=O) groups excluding carboxylic acids is 4. The first-order valence-corrected chi connectivity index (χ1v) is 14.3. The first-order valence-electron chi connectivity index (χ1n) is 12.8. The Labute approximate surface area is 255 Å². The summed E-state index contributed by atoms with van der Waals surface area (Å²) in [7, 11) is -5.22. The van der Waals surface area contributed by atoms with Crippen molar-refractivity contribution in [3.8, 4) is 0 Å². The number of amides is 4. The monoisotopic (exact) mass is 594 g/mol. The number of carbonyl (C=O) groups is 4. The third kappa shape index (κ3) is 9.73. The molecule has 2 fully saturated rings. The normalized spacial score (nSPS) is 21.4. The van der Waals surface area contributed by atoms with Gasteiger partial charge >= 0.3 is 35.7 Å². The molecule has 0 radical (unpaired) electrons. The van der Waals surface area contributed by atoms with E-state index in [0.29, 0.717) is 38.2 Å². The molecule has 1 aromatic heterocycles. The molecule has 3 heterocycles. The molecule has 4 amide bonds. The van der Waals surface area contributed by atoms with E-state index in [0.717, 1.165) is 0 Å². The third-order valence-corrected chi connectivity index (χ3v) is 7.66. The second-order valence-electron chi connectivity index (χ2n) is 10.3. The van der Waals surface area contributed by atoms with Crippen LogP contribution in [0.5, 0.6) is 0 Å². The number of ether oxygens (including phenoxy) is 1. The number of nitrogens with zero attached hydrogens (tertiary/aromatic N) is 1. The second kappa shape index (κ2) is 15.2. The zero-order valence-electron chi connectivity index (χ0n) is 22.8. The van der Waals surface area contributed by atoms with Crippen LogP contribution in [0.2, 0.25) is 0 Å². The minimum absolute atomic E-state index is 0. The average Bonchev–Trinajstić information content (AvgIpc) is 3.59. The number of aliphatic hydroxyl groups excluding tert-OH is 1. The number of furan rings is 1. The first-order chi connectivity index (χ1) is 18.3. The minimum atomic E-state index is -5.22. The van der Waals surface area contributed by atoms with Crippen molar-refractivity contribution in [3.63, 3.8) is 0 Å². The molecule has 2 aliphatic heterocycles. The topological polar surface area (TPSA) is 207 Å². The predicted molar refractivity (Wildman–Crippen MR) is 133 cm³/mol. The Morgan fingerprint density at radius 2 is 1.98 bits per heavy atom. The van der Waals surface area contributed by atoms with Crippen LogP contribution in [-0.2, 0) is 35.8 Å². The molecule has 40 heavy (non-hydrogen) atoms. The van der Waals surface area contributed by atoms with Gasteiger partial charge in [0.05, 0.1) is 24.8 Å². The Morgan fingerprint density at radius 3 is 2.55 bits per heavy atom. The molecule has 218 valence electrons. The Morgan fingerprint density at radius 1 is 1.25 bits per heavy atom. The molecule has 5 atom stereocenters. The third-order valence-electron chi connectivity index (χ3n) is 6.74. The molecule has 0 spiro atoms. The van der Waals surface area contributed by atoms with Gasteiger partial charge in [-0.3, -0.25) is 14.4 Å². The van der Waals surface area contributed by atoms with Crippen LogP contribution < -0.4 is 45.5 Å². The maximum atomic E-state index is 13.1. The molecule has 0 aliphatic carbocycles. The molecule has 4 N–H and O–H groups in total. The number of hydrogen-bond donors (Lipinski definition) is 4. The number of rotatable bonds is 13. The molecule has 2 aliphatic rings. The van der Waals surface area contributed by atoms with E-state index >= 15 is 0 Å². The maximum Gasteiger partial charge on any atom is 1.00 e. The van der Waals surface area contributed by atoms with Crippen LogP contribution in [0.25, 0.3) is 0 Å². The van der Waals surface area contributed by atoms with Crippen LogP contribution in [0, 0.1) is 17.8 Å². The molecule has 14 nitrogen and oxygen atoms in total. The Balaban J connectivity index is 0.00000560. The fourth-order valence-corrected chi connectivity index (χ4v) is 5.26. The van der Waals surface area contributed by atoms with Gasteiger partial charge in [0.25, 0.3) is 0 Å². The summed E-state index contributed by atoms with van der Waals surface area (Å²) in [6.45, 7) is 4.49. The Hall–Kier alpha value is -2.17. The standard InChI is InChI=1S/C24H36N4O10S.Na/c1-14(2)10-18(21(30)26-19(23(32)39(34,35)36)11-15-5-7-25-20(15)29)27-24(33)38-13-16-6-8-28(22(16)31)12-17-4-3-9-37-17;/h3-4,9,14-16,18-19,23,32H,5-8,10-13H2,1-2H3,(H,25,29)(H,26,30)(H,27,33)(H,34,35,36);/q;+1/p-1/t15-,16?,18-,19-,23?;/m0./s1. The van der Waals surface area contributed by atoms with Crippen molar-refractivity contribution in [1.29, 1.82) is 0 Å². The van der Waals surface area contributed by atoms with Gasteiger partial charge in [-0.1, -0.05) is 13.8 Å². The summed E-state index contributed by atoms with van der Waals surface area (Å²) in [5.41, 5.74) is -2.49. The quantitative estimate of drug-likeness (QED) is 0.132. The summed E-state index contributed by atoms with van der Waals surface area (Å²) in [4.78, 5) is 51.8. The summed E-state index contributed by atoms with van der Waals surface area (Å²) >= 11 is 0. The molecule has 2 saturated heterocycles. The van der Waals surface area contributed by atoms with Gasteiger partial charge < -0.3 is 39.7 Å². The number of hydrogen-bond acceptors (Lipinski definition) is 10. The van der Waals surface area contributed by atoms with Gasteiger partial charge in [-0.25, -0.2) is 13.2 Å². The smallest absolute Gasteiger partial charge is 0.746 e. The summed E-state index contributed by atoms with van der Waals surface area (Å²) in [6.07, 6.45) is 1.21. The van der Waals surface area contributed by atoms with E-state index < -0.39 is 51.5 Å². The number of nitrogens with one attached hydrogen (secondary N) is 3. The number of alkyl carbamates (subject to hydrolysis) is 1. The largest absolute Gasteiger partial charge is 1.00 e. The van der Waals surface area contributed by atoms with Crippen LogP contribution in [0.3, 0.4) is 0 Å². The van der Waals surface area contributed by atoms with E-state index in [1.807, 2.05) is 0 Å². The van der Waals surface area contributed by atoms with Gasteiger partial charge in [-0.05, 0) is 43.7 Å². The van der Waals surface area contributed by atoms with Crippen molar-refractivity contribution in [2.75, 3.05) is 19.7 Å². The Bertz CT molecular complexity index is 1130. The van der Waals surface area contributed by atoms with Crippen molar-refractivity contribution < 1.29 is 76.0 Å². The van der Waals surface area contributed by atoms with Crippen LogP contribution in [-0.4, -0.2) is 84.0 Å². The van der Waals surface area contributed by atoms with Gasteiger partial charge in [-0.15, -0.1) is 0 Å². The predicted octanol–water partition coefficient (Wildman–Crippen LogP) is -3.35. The van der Waals surface area contributed by atoms with Crippen molar-refractivity contribution in [2.45, 2.75) is 63.6 Å². The fraction of sp³-hybridized carbons (Fsp3) is 0.667. The molecule has 0 saturated carbocycles. The van der Waals surface area contributed by atoms with E-state index in [2.05, 4.69) is 16.0 Å². The first kappa shape index (κ1) is 34.0. The van der Waals surface area contributed by atoms with E-state index in [-0.39, 0.29) is 66.7 Å². The summed E-state index contributed by atoms with van der Waals surface area (Å²) in [5, 5.41) is 17.4. The van der Waals surface area contributed by atoms with E-state index in [1.165, 1.54) is 6.26 Å². The molecular formula is C24H35N4NaO10S. The maximum absolute atomic E-state index is 13.1. The van der Waals surface area contributed by atoms with Gasteiger partial charge in [0.15, 0.2) is 5.44 Å². The minimum Gasteiger partial charge on any atom is -0.746 e. The summed E-state index contributed by atoms with van der Waals surface area (Å²) < 4.78 is 45.0. The van der Waals surface area contributed by atoms with E-state index in [4.69, 9.17) is 9.15 Å². The molecule has 16 heteroatoms. The zero-order valence-corrected chi connectivity index (χ0v) is 25.6. The molecule has 2 unspecified atom stereocenters. The van der Waals surface area contributed by atoms with Crippen LogP contribution >= 0.6 is 0 Å². The van der Waals surface area contributed by atoms with Crippen molar-refractivity contribution in [2.24, 2.45) is 17.8 Å². The van der Waals surface area contributed by atoms with E-state index in [9.17, 15) is 37.3 Å². The van der Waals surface area contributed by atoms with Gasteiger partial charge in [0, 0.05) is 19.0 Å². The number of aliphatic hydroxyl groups is 1. The average molecular weight is 595 g/mol. The molecule has 1 aromatic rings. The van der Waals surface area contributed by atoms with E-state index in [1.54, 1.807) is 30.9 Å². The second-order valence-corrected chi connectivity index (χ2v) is 11.7. The molecular weight excluding hydrogens is 559 g/mol. The van der Waals surface area contributed by atoms with Gasteiger partial charge in [0.1, 0.15) is 28.5 Å². The molecule has 0 bridgehead atoms. The van der Waals surface area contributed by atoms with Crippen molar-refractivity contribution in [3.05, 3.63) is 24.2 Å². The zero-order chi connectivity index (χ0) is 28.7. The summed E-state index contributed by atoms with van der Waals surface area (Å²) in [6, 6.07) is 0.702. The van der Waals surface area contributed by atoms with Crippen molar-refractivity contribution in [1.82, 2.24) is 20.9 Å². The summed E-state index contributed by atoms with van der Waals surface area (Å²) in [5.74, 6) is -2.15. The molecule has 3 rings (SSSR count). The van der Waals surface area contributed by atoms with Gasteiger partial charge in [0.2, 0.25) is 17.7 Å². The Kier molecular flexibility index (Phi) is 12.9. The fourth-order valence-electron chi connectivity index (χ4n) is 4.68. The van der Waals surface area contributed by atoms with Crippen LogP contribution in [0.1, 0.15) is 45.3 Å². The number of likely N-dealkylation sites (tertiary alicyclic amines) is 1. The van der Waals surface area contributed by atoms with Crippen LogP contribution in [0.15, 0.2) is 22.8 Å². The molecule has 0 aromatic carbocycles. The van der Waals surface area contributed by atoms with Gasteiger partial charge in [-0.2, -0.15) is 0 Å². The van der Waals surface area contributed by atoms with Crippen molar-refractivity contribution >= 4 is 33.9 Å². The van der Waals surface area contributed by atoms with Crippen LogP contribution in [0.4, 0.5) is 4.79 Å². The SMILES string of the molecule is CC(C)C[C@H](NC(=O)OCC1CCN(Cc2ccco2)C1=O)C(=O)N[C@@H](C[C@@H]1CCNC1=O)C(O)S(=O)(=O)[O-].[Na+].